The Balaban J connectivity index is 3.09. The van der Waals surface area contributed by atoms with Gasteiger partial charge in [0.05, 0.1) is 0 Å². The zero-order valence-corrected chi connectivity index (χ0v) is 15.2. The van der Waals surface area contributed by atoms with E-state index in [2.05, 4.69) is 13.8 Å². The van der Waals surface area contributed by atoms with Crippen molar-refractivity contribution in [3.8, 4) is 0 Å². The largest absolute Gasteiger partial charge is 0.176 e. The van der Waals surface area contributed by atoms with Crippen LogP contribution < -0.4 is 0 Å². The van der Waals surface area contributed by atoms with Crippen LogP contribution in [-0.4, -0.2) is 5.25 Å². The summed E-state index contributed by atoms with van der Waals surface area (Å²) in [5.41, 5.74) is 0. The third kappa shape index (κ3) is 16.4. The van der Waals surface area contributed by atoms with Crippen molar-refractivity contribution in [2.75, 3.05) is 0 Å². The Morgan fingerprint density at radius 2 is 0.800 bits per heavy atom. The van der Waals surface area contributed by atoms with Gasteiger partial charge in [0.15, 0.2) is 0 Å². The second-order valence-electron chi connectivity index (χ2n) is 6.47. The van der Waals surface area contributed by atoms with Gasteiger partial charge in [0.1, 0.15) is 0 Å². The molecule has 0 aromatic rings. The topological polar surface area (TPSA) is 0 Å². The molecule has 0 radical (unpaired) electrons. The Hall–Kier alpha value is 0.350. The molecule has 0 amide bonds. The van der Waals surface area contributed by atoms with E-state index in [-0.39, 0.29) is 0 Å². The van der Waals surface area contributed by atoms with E-state index in [0.717, 1.165) is 0 Å². The molecule has 0 bridgehead atoms. The molecule has 0 N–H and O–H groups in total. The second-order valence-corrected chi connectivity index (χ2v) is 7.20. The lowest BCUT2D eigenvalue weighted by molar-refractivity contribution is 0.536. The summed E-state index contributed by atoms with van der Waals surface area (Å²) in [4.78, 5) is 0. The first-order valence-electron chi connectivity index (χ1n) is 9.49. The van der Waals surface area contributed by atoms with Crippen molar-refractivity contribution < 1.29 is 0 Å². The fourth-order valence-electron chi connectivity index (χ4n) is 2.82. The summed E-state index contributed by atoms with van der Waals surface area (Å²) in [5.74, 6) is 0. The van der Waals surface area contributed by atoms with Crippen molar-refractivity contribution in [3.05, 3.63) is 0 Å². The van der Waals surface area contributed by atoms with Crippen molar-refractivity contribution >= 4 is 12.6 Å². The molecule has 1 atom stereocenters. The summed E-state index contributed by atoms with van der Waals surface area (Å²) >= 11 is 4.74. The third-order valence-corrected chi connectivity index (χ3v) is 4.80. The van der Waals surface area contributed by atoms with Crippen molar-refractivity contribution in [1.82, 2.24) is 0 Å². The Morgan fingerprint density at radius 3 is 1.15 bits per heavy atom. The fourth-order valence-corrected chi connectivity index (χ4v) is 3.18. The molecule has 0 aliphatic rings. The molecule has 0 aliphatic heterocycles. The van der Waals surface area contributed by atoms with Gasteiger partial charge >= 0.3 is 0 Å². The van der Waals surface area contributed by atoms with E-state index >= 15 is 0 Å². The highest BCUT2D eigenvalue weighted by molar-refractivity contribution is 7.80. The monoisotopic (exact) mass is 300 g/mol. The van der Waals surface area contributed by atoms with Crippen molar-refractivity contribution in [2.24, 2.45) is 0 Å². The molecule has 0 aliphatic carbocycles. The van der Waals surface area contributed by atoms with Gasteiger partial charge in [-0.1, -0.05) is 104 Å². The Labute approximate surface area is 134 Å². The van der Waals surface area contributed by atoms with E-state index < -0.39 is 0 Å². The first-order chi connectivity index (χ1) is 9.81. The lowest BCUT2D eigenvalue weighted by Gasteiger charge is -2.10. The zero-order chi connectivity index (χ0) is 14.9. The number of rotatable bonds is 16. The lowest BCUT2D eigenvalue weighted by atomic mass is 10.0. The van der Waals surface area contributed by atoms with E-state index in [1.165, 1.54) is 103 Å². The molecule has 0 spiro atoms. The fraction of sp³-hybridized carbons (Fsp3) is 1.00. The smallest absolute Gasteiger partial charge is 0.00168 e. The van der Waals surface area contributed by atoms with Crippen molar-refractivity contribution in [2.45, 2.75) is 122 Å². The zero-order valence-electron chi connectivity index (χ0n) is 14.3. The molecule has 0 heterocycles. The SMILES string of the molecule is CCCCCCCCCCCC(S)CCCCCCC. The molecule has 0 aromatic carbocycles. The number of unbranched alkanes of at least 4 members (excludes halogenated alkanes) is 12. The van der Waals surface area contributed by atoms with Crippen LogP contribution in [0.4, 0.5) is 0 Å². The molecule has 1 unspecified atom stereocenters. The minimum Gasteiger partial charge on any atom is -0.176 e. The summed E-state index contributed by atoms with van der Waals surface area (Å²) in [5, 5.41) is 0.668. The highest BCUT2D eigenvalue weighted by atomic mass is 32.1. The van der Waals surface area contributed by atoms with E-state index in [9.17, 15) is 0 Å². The molecule has 1 heteroatoms. The van der Waals surface area contributed by atoms with Gasteiger partial charge in [0, 0.05) is 5.25 Å². The molecule has 0 rings (SSSR count). The van der Waals surface area contributed by atoms with Crippen LogP contribution in [0.1, 0.15) is 117 Å². The minimum atomic E-state index is 0.668. The highest BCUT2D eigenvalue weighted by Gasteiger charge is 2.02. The average Bonchev–Trinajstić information content (AvgIpc) is 2.45. The van der Waals surface area contributed by atoms with E-state index in [1.54, 1.807) is 0 Å². The van der Waals surface area contributed by atoms with Gasteiger partial charge in [-0.15, -0.1) is 0 Å². The van der Waals surface area contributed by atoms with Crippen molar-refractivity contribution in [1.29, 1.82) is 0 Å². The molecule has 0 saturated carbocycles. The Kier molecular flexibility index (Phi) is 17.7. The summed E-state index contributed by atoms with van der Waals surface area (Å²) in [6.45, 7) is 4.57. The number of hydrogen-bond donors (Lipinski definition) is 1. The summed E-state index contributed by atoms with van der Waals surface area (Å²) in [7, 11) is 0. The first-order valence-corrected chi connectivity index (χ1v) is 10.0. The summed E-state index contributed by atoms with van der Waals surface area (Å²) in [6, 6.07) is 0. The van der Waals surface area contributed by atoms with Crippen LogP contribution in [0.3, 0.4) is 0 Å². The standard InChI is InChI=1S/C19H40S/c1-3-5-7-9-10-11-12-14-16-18-19(20)17-15-13-8-6-4-2/h19-20H,3-18H2,1-2H3. The lowest BCUT2D eigenvalue weighted by Crippen LogP contribution is -1.98. The predicted molar refractivity (Wildman–Crippen MR) is 98.0 cm³/mol. The van der Waals surface area contributed by atoms with Crippen LogP contribution >= 0.6 is 12.6 Å². The van der Waals surface area contributed by atoms with Crippen LogP contribution in [0.15, 0.2) is 0 Å². The van der Waals surface area contributed by atoms with Gasteiger partial charge < -0.3 is 0 Å². The van der Waals surface area contributed by atoms with Crippen LogP contribution in [0.2, 0.25) is 0 Å². The average molecular weight is 301 g/mol. The molecule has 0 aromatic heterocycles. The van der Waals surface area contributed by atoms with Crippen LogP contribution in [0, 0.1) is 0 Å². The predicted octanol–water partition coefficient (Wildman–Crippen LogP) is 7.57. The molecule has 0 fully saturated rings. The second kappa shape index (κ2) is 17.4. The van der Waals surface area contributed by atoms with Crippen LogP contribution in [0.25, 0.3) is 0 Å². The Bertz CT molecular complexity index is 167. The van der Waals surface area contributed by atoms with Gasteiger partial charge in [0.25, 0.3) is 0 Å². The number of hydrogen-bond acceptors (Lipinski definition) is 1. The molecule has 0 nitrogen and oxygen atoms in total. The van der Waals surface area contributed by atoms with Gasteiger partial charge in [-0.25, -0.2) is 0 Å². The van der Waals surface area contributed by atoms with Crippen LogP contribution in [-0.2, 0) is 0 Å². The maximum Gasteiger partial charge on any atom is 0.00168 e. The van der Waals surface area contributed by atoms with Crippen LogP contribution in [0.5, 0.6) is 0 Å². The Morgan fingerprint density at radius 1 is 0.500 bits per heavy atom. The quantitative estimate of drug-likeness (QED) is 0.220. The first kappa shape index (κ1) is 20.3. The third-order valence-electron chi connectivity index (χ3n) is 4.28. The summed E-state index contributed by atoms with van der Waals surface area (Å²) < 4.78 is 0. The molecular weight excluding hydrogens is 260 g/mol. The number of thiol groups is 1. The van der Waals surface area contributed by atoms with E-state index in [4.69, 9.17) is 12.6 Å². The van der Waals surface area contributed by atoms with Gasteiger partial charge in [-0.3, -0.25) is 0 Å². The van der Waals surface area contributed by atoms with Gasteiger partial charge in [-0.2, -0.15) is 12.6 Å². The van der Waals surface area contributed by atoms with Gasteiger partial charge in [-0.05, 0) is 12.8 Å². The normalized spacial score (nSPS) is 12.8. The highest BCUT2D eigenvalue weighted by Crippen LogP contribution is 2.17. The maximum absolute atomic E-state index is 4.74. The molecule has 20 heavy (non-hydrogen) atoms. The van der Waals surface area contributed by atoms with Gasteiger partial charge in [0.2, 0.25) is 0 Å². The summed E-state index contributed by atoms with van der Waals surface area (Å²) in [6.07, 6.45) is 22.6. The molecular formula is C19H40S. The van der Waals surface area contributed by atoms with Crippen molar-refractivity contribution in [3.63, 3.8) is 0 Å². The molecule has 122 valence electrons. The molecule has 0 saturated heterocycles. The minimum absolute atomic E-state index is 0.668. The maximum atomic E-state index is 4.74. The van der Waals surface area contributed by atoms with E-state index in [1.807, 2.05) is 0 Å². The van der Waals surface area contributed by atoms with E-state index in [0.29, 0.717) is 5.25 Å².